The van der Waals surface area contributed by atoms with Crippen LogP contribution in [0.4, 0.5) is 0 Å². The zero-order valence-electron chi connectivity index (χ0n) is 8.82. The van der Waals surface area contributed by atoms with Gasteiger partial charge in [-0.3, -0.25) is 5.14 Å². The summed E-state index contributed by atoms with van der Waals surface area (Å²) in [5, 5.41) is 9.11. The van der Waals surface area contributed by atoms with Gasteiger partial charge >= 0.3 is 0 Å². The summed E-state index contributed by atoms with van der Waals surface area (Å²) >= 11 is 4.95. The van der Waals surface area contributed by atoms with E-state index in [-0.39, 0.29) is 0 Å². The third-order valence-electron chi connectivity index (χ3n) is 2.32. The third-order valence-corrected chi connectivity index (χ3v) is 5.29. The van der Waals surface area contributed by atoms with Crippen LogP contribution in [0, 0.1) is 0 Å². The Morgan fingerprint density at radius 1 is 1.73 bits per heavy atom. The average molecular weight is 261 g/mol. The lowest BCUT2D eigenvalue weighted by atomic mass is 10.1. The zero-order chi connectivity index (χ0) is 10.8. The largest absolute Gasteiger partial charge is 0.309 e. The summed E-state index contributed by atoms with van der Waals surface area (Å²) in [5.41, 5.74) is 1.41. The van der Waals surface area contributed by atoms with Gasteiger partial charge in [-0.1, -0.05) is 6.92 Å². The Hall–Kier alpha value is 0.280. The molecule has 0 radical (unpaired) electrons. The predicted molar refractivity (Wildman–Crippen MR) is 69.3 cm³/mol. The van der Waals surface area contributed by atoms with Crippen molar-refractivity contribution in [3.05, 3.63) is 11.6 Å². The van der Waals surface area contributed by atoms with Crippen LogP contribution in [0.3, 0.4) is 0 Å². The number of fused-ring (bicyclic) bond motifs is 1. The maximum Gasteiger partial charge on any atom is 0.0814 e. The van der Waals surface area contributed by atoms with Gasteiger partial charge in [-0.15, -0.1) is 11.3 Å². The lowest BCUT2D eigenvalue weighted by molar-refractivity contribution is 0.425. The third kappa shape index (κ3) is 2.51. The molecule has 1 aliphatic rings. The van der Waals surface area contributed by atoms with Crippen LogP contribution in [0.2, 0.25) is 0 Å². The maximum atomic E-state index is 5.60. The zero-order valence-corrected chi connectivity index (χ0v) is 11.3. The molecule has 0 saturated carbocycles. The van der Waals surface area contributed by atoms with Crippen molar-refractivity contribution in [3.8, 4) is 0 Å². The molecular weight excluding hydrogens is 246 g/mol. The highest BCUT2D eigenvalue weighted by Gasteiger charge is 2.25. The lowest BCUT2D eigenvalue weighted by Gasteiger charge is -2.29. The van der Waals surface area contributed by atoms with Crippen molar-refractivity contribution >= 4 is 35.2 Å². The van der Waals surface area contributed by atoms with Crippen LogP contribution in [-0.4, -0.2) is 24.4 Å². The van der Waals surface area contributed by atoms with E-state index in [4.69, 9.17) is 5.14 Å². The van der Waals surface area contributed by atoms with Crippen molar-refractivity contribution in [1.82, 2.24) is 9.62 Å². The van der Waals surface area contributed by atoms with Gasteiger partial charge in [0.05, 0.1) is 8.42 Å². The second kappa shape index (κ2) is 5.07. The molecule has 2 heterocycles. The highest BCUT2D eigenvalue weighted by Crippen LogP contribution is 2.43. The van der Waals surface area contributed by atoms with Crippen molar-refractivity contribution in [2.45, 2.75) is 21.4 Å². The number of thiophene rings is 1. The van der Waals surface area contributed by atoms with Gasteiger partial charge in [0.1, 0.15) is 0 Å². The standard InChI is InChI=1S/C9H15N3S3/c1-3-11-7-5-12(2)15-9-6(7)4-8(13-9)14-10/h4,7,11H,3,5,10H2,1-2H3/t7-/m0/s1. The molecule has 0 bridgehead atoms. The Morgan fingerprint density at radius 2 is 2.53 bits per heavy atom. The summed E-state index contributed by atoms with van der Waals surface area (Å²) in [7, 11) is 2.13. The summed E-state index contributed by atoms with van der Waals surface area (Å²) in [5.74, 6) is 0. The monoisotopic (exact) mass is 261 g/mol. The molecule has 0 amide bonds. The molecule has 1 aromatic rings. The predicted octanol–water partition coefficient (Wildman–Crippen LogP) is 2.32. The fraction of sp³-hybridized carbons (Fsp3) is 0.556. The minimum absolute atomic E-state index is 0.452. The smallest absolute Gasteiger partial charge is 0.0814 e. The summed E-state index contributed by atoms with van der Waals surface area (Å²) in [4.78, 5) is 0. The first-order chi connectivity index (χ1) is 7.24. The second-order valence-electron chi connectivity index (χ2n) is 3.44. The van der Waals surface area contributed by atoms with Gasteiger partial charge in [-0.05, 0) is 49.1 Å². The number of hydrogen-bond acceptors (Lipinski definition) is 6. The van der Waals surface area contributed by atoms with E-state index in [1.165, 1.54) is 25.9 Å². The lowest BCUT2D eigenvalue weighted by Crippen LogP contribution is -2.32. The molecule has 0 aliphatic carbocycles. The van der Waals surface area contributed by atoms with Crippen LogP contribution in [0.15, 0.2) is 14.5 Å². The van der Waals surface area contributed by atoms with Gasteiger partial charge in [0.15, 0.2) is 0 Å². The van der Waals surface area contributed by atoms with Crippen molar-refractivity contribution in [1.29, 1.82) is 0 Å². The van der Waals surface area contributed by atoms with Crippen LogP contribution in [-0.2, 0) is 0 Å². The molecule has 0 saturated heterocycles. The molecule has 1 atom stereocenters. The molecule has 0 fully saturated rings. The Kier molecular flexibility index (Phi) is 3.98. The van der Waals surface area contributed by atoms with Crippen LogP contribution >= 0.6 is 35.2 Å². The Morgan fingerprint density at radius 3 is 3.20 bits per heavy atom. The minimum atomic E-state index is 0.452. The molecule has 3 nitrogen and oxygen atoms in total. The molecule has 0 spiro atoms. The van der Waals surface area contributed by atoms with Crippen LogP contribution < -0.4 is 10.5 Å². The summed E-state index contributed by atoms with van der Waals surface area (Å²) in [6, 6.07) is 2.67. The molecule has 1 aliphatic heterocycles. The topological polar surface area (TPSA) is 41.3 Å². The maximum absolute atomic E-state index is 5.60. The van der Waals surface area contributed by atoms with Gasteiger partial charge in [0, 0.05) is 12.6 Å². The summed E-state index contributed by atoms with van der Waals surface area (Å²) in [6.07, 6.45) is 0. The normalized spacial score (nSPS) is 21.7. The van der Waals surface area contributed by atoms with Gasteiger partial charge in [0.25, 0.3) is 0 Å². The fourth-order valence-electron chi connectivity index (χ4n) is 1.69. The number of nitrogens with one attached hydrogen (secondary N) is 1. The number of rotatable bonds is 3. The van der Waals surface area contributed by atoms with Gasteiger partial charge in [0.2, 0.25) is 0 Å². The van der Waals surface area contributed by atoms with E-state index in [9.17, 15) is 0 Å². The van der Waals surface area contributed by atoms with Crippen molar-refractivity contribution in [3.63, 3.8) is 0 Å². The molecule has 3 N–H and O–H groups in total. The van der Waals surface area contributed by atoms with E-state index >= 15 is 0 Å². The minimum Gasteiger partial charge on any atom is -0.309 e. The van der Waals surface area contributed by atoms with E-state index in [1.807, 2.05) is 11.9 Å². The van der Waals surface area contributed by atoms with E-state index in [1.54, 1.807) is 11.3 Å². The molecule has 0 unspecified atom stereocenters. The van der Waals surface area contributed by atoms with E-state index in [0.29, 0.717) is 6.04 Å². The van der Waals surface area contributed by atoms with E-state index in [0.717, 1.165) is 13.1 Å². The highest BCUT2D eigenvalue weighted by molar-refractivity contribution is 8.01. The quantitative estimate of drug-likeness (QED) is 0.817. The number of nitrogens with zero attached hydrogens (tertiary/aromatic N) is 1. The van der Waals surface area contributed by atoms with Crippen molar-refractivity contribution in [2.75, 3.05) is 20.1 Å². The molecule has 84 valence electrons. The Balaban J connectivity index is 2.27. The Bertz CT molecular complexity index is 339. The SMILES string of the molecule is CCN[C@H]1CN(C)Sc2sc(SN)cc21. The summed E-state index contributed by atoms with van der Waals surface area (Å²) in [6.45, 7) is 4.20. The summed E-state index contributed by atoms with van der Waals surface area (Å²) < 4.78 is 4.85. The van der Waals surface area contributed by atoms with Gasteiger partial charge in [-0.2, -0.15) is 0 Å². The van der Waals surface area contributed by atoms with E-state index < -0.39 is 0 Å². The average Bonchev–Trinajstić information content (AvgIpc) is 2.61. The van der Waals surface area contributed by atoms with Crippen molar-refractivity contribution < 1.29 is 0 Å². The van der Waals surface area contributed by atoms with Crippen LogP contribution in [0.5, 0.6) is 0 Å². The second-order valence-corrected chi connectivity index (χ2v) is 6.90. The first-order valence-electron chi connectivity index (χ1n) is 4.87. The molecule has 2 rings (SSSR count). The van der Waals surface area contributed by atoms with Gasteiger partial charge in [-0.25, -0.2) is 4.31 Å². The molecular formula is C9H15N3S3. The number of likely N-dealkylation sites (N-methyl/N-ethyl adjacent to an activating group) is 2. The fourth-order valence-corrected chi connectivity index (χ4v) is 4.79. The molecule has 0 aromatic carbocycles. The van der Waals surface area contributed by atoms with Crippen molar-refractivity contribution in [2.24, 2.45) is 5.14 Å². The number of nitrogens with two attached hydrogens (primary N) is 1. The van der Waals surface area contributed by atoms with E-state index in [2.05, 4.69) is 29.7 Å². The Labute approximate surface area is 103 Å². The molecule has 1 aromatic heterocycles. The molecule has 6 heteroatoms. The molecule has 15 heavy (non-hydrogen) atoms. The number of hydrogen-bond donors (Lipinski definition) is 2. The highest BCUT2D eigenvalue weighted by atomic mass is 32.2. The van der Waals surface area contributed by atoms with Crippen LogP contribution in [0.25, 0.3) is 0 Å². The first kappa shape index (κ1) is 11.8. The first-order valence-corrected chi connectivity index (χ1v) is 7.34. The van der Waals surface area contributed by atoms with Crippen LogP contribution in [0.1, 0.15) is 18.5 Å². The van der Waals surface area contributed by atoms with Gasteiger partial charge < -0.3 is 5.32 Å².